The van der Waals surface area contributed by atoms with Crippen molar-refractivity contribution < 1.29 is 14.7 Å². The average Bonchev–Trinajstić information content (AvgIpc) is 2.17. The number of nitrogens with one attached hydrogen (secondary N) is 1. The van der Waals surface area contributed by atoms with Crippen molar-refractivity contribution in [3.63, 3.8) is 0 Å². The van der Waals surface area contributed by atoms with Crippen molar-refractivity contribution in [3.05, 3.63) is 0 Å². The van der Waals surface area contributed by atoms with Gasteiger partial charge in [0.25, 0.3) is 0 Å². The van der Waals surface area contributed by atoms with Gasteiger partial charge in [-0.1, -0.05) is 34.1 Å². The number of carbonyl (C=O) groups is 2. The van der Waals surface area contributed by atoms with Gasteiger partial charge in [0.05, 0.1) is 0 Å². The molecule has 0 aromatic heterocycles. The van der Waals surface area contributed by atoms with Gasteiger partial charge in [0.15, 0.2) is 0 Å². The van der Waals surface area contributed by atoms with Gasteiger partial charge in [-0.05, 0) is 19.8 Å². The van der Waals surface area contributed by atoms with E-state index in [-0.39, 0.29) is 5.91 Å². The molecular weight excluding hydrogens is 206 g/mol. The maximum atomic E-state index is 11.9. The SMILES string of the molecule is CCCC(C)(NC(=O)C(C)(C)CC)C(=O)O. The van der Waals surface area contributed by atoms with Gasteiger partial charge in [-0.15, -0.1) is 0 Å². The Morgan fingerprint density at radius 2 is 1.69 bits per heavy atom. The molecule has 0 heterocycles. The van der Waals surface area contributed by atoms with Crippen LogP contribution in [0.4, 0.5) is 0 Å². The first-order valence-corrected chi connectivity index (χ1v) is 5.75. The molecule has 0 aliphatic rings. The third-order valence-corrected chi connectivity index (χ3v) is 3.11. The smallest absolute Gasteiger partial charge is 0.329 e. The third kappa shape index (κ3) is 3.51. The summed E-state index contributed by atoms with van der Waals surface area (Å²) in [6.07, 6.45) is 1.84. The molecule has 1 unspecified atom stereocenters. The van der Waals surface area contributed by atoms with Gasteiger partial charge in [0, 0.05) is 5.41 Å². The standard InChI is InChI=1S/C12H23NO3/c1-6-8-12(5,10(15)16)13-9(14)11(3,4)7-2/h6-8H2,1-5H3,(H,13,14)(H,15,16). The Labute approximate surface area is 97.4 Å². The van der Waals surface area contributed by atoms with Crippen molar-refractivity contribution in [2.75, 3.05) is 0 Å². The summed E-state index contributed by atoms with van der Waals surface area (Å²) in [4.78, 5) is 23.1. The Hall–Kier alpha value is -1.06. The van der Waals surface area contributed by atoms with Crippen molar-refractivity contribution in [1.82, 2.24) is 5.32 Å². The second-order valence-corrected chi connectivity index (χ2v) is 5.08. The molecule has 0 bridgehead atoms. The van der Waals surface area contributed by atoms with Crippen LogP contribution < -0.4 is 5.32 Å². The van der Waals surface area contributed by atoms with Crippen LogP contribution in [0.2, 0.25) is 0 Å². The van der Waals surface area contributed by atoms with Gasteiger partial charge in [-0.3, -0.25) is 4.79 Å². The summed E-state index contributed by atoms with van der Waals surface area (Å²) in [5.41, 5.74) is -1.68. The maximum Gasteiger partial charge on any atom is 0.329 e. The van der Waals surface area contributed by atoms with Crippen LogP contribution in [0, 0.1) is 5.41 Å². The van der Waals surface area contributed by atoms with Crippen molar-refractivity contribution in [1.29, 1.82) is 0 Å². The van der Waals surface area contributed by atoms with Crippen molar-refractivity contribution >= 4 is 11.9 Å². The van der Waals surface area contributed by atoms with E-state index in [0.29, 0.717) is 12.8 Å². The molecule has 16 heavy (non-hydrogen) atoms. The first-order valence-electron chi connectivity index (χ1n) is 5.75. The van der Waals surface area contributed by atoms with E-state index in [0.717, 1.165) is 6.42 Å². The van der Waals surface area contributed by atoms with Gasteiger partial charge in [0.2, 0.25) is 5.91 Å². The zero-order valence-corrected chi connectivity index (χ0v) is 10.9. The lowest BCUT2D eigenvalue weighted by atomic mass is 9.86. The molecule has 0 saturated carbocycles. The van der Waals surface area contributed by atoms with Crippen LogP contribution in [0.25, 0.3) is 0 Å². The lowest BCUT2D eigenvalue weighted by molar-refractivity contribution is -0.149. The molecule has 94 valence electrons. The molecule has 0 saturated heterocycles. The Bertz CT molecular complexity index is 273. The summed E-state index contributed by atoms with van der Waals surface area (Å²) in [5, 5.41) is 11.8. The molecule has 0 radical (unpaired) electrons. The number of carboxylic acid groups (broad SMARTS) is 1. The minimum absolute atomic E-state index is 0.201. The number of carboxylic acids is 1. The summed E-state index contributed by atoms with van der Waals surface area (Å²) in [6.45, 7) is 9.01. The van der Waals surface area contributed by atoms with E-state index in [2.05, 4.69) is 5.32 Å². The van der Waals surface area contributed by atoms with Gasteiger partial charge in [0.1, 0.15) is 5.54 Å². The maximum absolute atomic E-state index is 11.9. The molecule has 0 aromatic carbocycles. The van der Waals surface area contributed by atoms with Crippen LogP contribution in [0.15, 0.2) is 0 Å². The highest BCUT2D eigenvalue weighted by molar-refractivity contribution is 5.89. The Morgan fingerprint density at radius 3 is 2.00 bits per heavy atom. The molecule has 0 rings (SSSR count). The fourth-order valence-corrected chi connectivity index (χ4v) is 1.30. The molecule has 2 N–H and O–H groups in total. The number of hydrogen-bond acceptors (Lipinski definition) is 2. The minimum Gasteiger partial charge on any atom is -0.480 e. The van der Waals surface area contributed by atoms with E-state index in [4.69, 9.17) is 5.11 Å². The number of rotatable bonds is 6. The number of carbonyl (C=O) groups excluding carboxylic acids is 1. The second kappa shape index (κ2) is 5.32. The monoisotopic (exact) mass is 229 g/mol. The molecule has 0 aliphatic carbocycles. The fourth-order valence-electron chi connectivity index (χ4n) is 1.30. The van der Waals surface area contributed by atoms with Crippen LogP contribution in [-0.2, 0) is 9.59 Å². The normalized spacial score (nSPS) is 15.3. The Morgan fingerprint density at radius 1 is 1.19 bits per heavy atom. The largest absolute Gasteiger partial charge is 0.480 e. The topological polar surface area (TPSA) is 66.4 Å². The molecule has 0 aromatic rings. The molecule has 1 atom stereocenters. The highest BCUT2D eigenvalue weighted by Gasteiger charge is 2.37. The van der Waals surface area contributed by atoms with E-state index < -0.39 is 16.9 Å². The summed E-state index contributed by atoms with van der Waals surface area (Å²) in [5.74, 6) is -1.18. The Kier molecular flexibility index (Phi) is 4.97. The van der Waals surface area contributed by atoms with E-state index in [1.165, 1.54) is 0 Å². The Balaban J connectivity index is 4.78. The third-order valence-electron chi connectivity index (χ3n) is 3.11. The fraction of sp³-hybridized carbons (Fsp3) is 0.833. The van der Waals surface area contributed by atoms with Crippen molar-refractivity contribution in [2.45, 2.75) is 59.4 Å². The predicted octanol–water partition coefficient (Wildman–Crippen LogP) is 2.18. The van der Waals surface area contributed by atoms with Gasteiger partial charge < -0.3 is 10.4 Å². The van der Waals surface area contributed by atoms with Crippen LogP contribution in [0.3, 0.4) is 0 Å². The highest BCUT2D eigenvalue weighted by atomic mass is 16.4. The van der Waals surface area contributed by atoms with E-state index >= 15 is 0 Å². The van der Waals surface area contributed by atoms with E-state index in [9.17, 15) is 9.59 Å². The molecule has 1 amide bonds. The lowest BCUT2D eigenvalue weighted by Gasteiger charge is -2.31. The van der Waals surface area contributed by atoms with E-state index in [1.807, 2.05) is 27.7 Å². The second-order valence-electron chi connectivity index (χ2n) is 5.08. The summed E-state index contributed by atoms with van der Waals surface area (Å²) >= 11 is 0. The summed E-state index contributed by atoms with van der Waals surface area (Å²) < 4.78 is 0. The lowest BCUT2D eigenvalue weighted by Crippen LogP contribution is -2.55. The van der Waals surface area contributed by atoms with Gasteiger partial charge in [-0.25, -0.2) is 4.79 Å². The van der Waals surface area contributed by atoms with Crippen LogP contribution in [-0.4, -0.2) is 22.5 Å². The quantitative estimate of drug-likeness (QED) is 0.733. The minimum atomic E-state index is -1.15. The van der Waals surface area contributed by atoms with Crippen LogP contribution in [0.1, 0.15) is 53.9 Å². The molecular formula is C12H23NO3. The van der Waals surface area contributed by atoms with Crippen molar-refractivity contribution in [2.24, 2.45) is 5.41 Å². The van der Waals surface area contributed by atoms with Gasteiger partial charge in [-0.2, -0.15) is 0 Å². The molecule has 0 spiro atoms. The number of hydrogen-bond donors (Lipinski definition) is 2. The highest BCUT2D eigenvalue weighted by Crippen LogP contribution is 2.22. The zero-order valence-electron chi connectivity index (χ0n) is 10.9. The molecule has 4 nitrogen and oxygen atoms in total. The summed E-state index contributed by atoms with van der Waals surface area (Å²) in [7, 11) is 0. The molecule has 4 heteroatoms. The van der Waals surface area contributed by atoms with Crippen LogP contribution in [0.5, 0.6) is 0 Å². The number of aliphatic carboxylic acids is 1. The summed E-state index contributed by atoms with van der Waals surface area (Å²) in [6, 6.07) is 0. The predicted molar refractivity (Wildman–Crippen MR) is 63.2 cm³/mol. The zero-order chi connectivity index (χ0) is 13.0. The van der Waals surface area contributed by atoms with Gasteiger partial charge >= 0.3 is 5.97 Å². The van der Waals surface area contributed by atoms with Crippen LogP contribution >= 0.6 is 0 Å². The molecule has 0 aliphatic heterocycles. The first kappa shape index (κ1) is 14.9. The van der Waals surface area contributed by atoms with Crippen molar-refractivity contribution in [3.8, 4) is 0 Å². The molecule has 0 fully saturated rings. The van der Waals surface area contributed by atoms with E-state index in [1.54, 1.807) is 6.92 Å². The average molecular weight is 229 g/mol. The first-order chi connectivity index (χ1) is 7.19. The number of amides is 1.